The number of hydrogen-bond donors (Lipinski definition) is 2. The zero-order valence-corrected chi connectivity index (χ0v) is 13.3. The second-order valence-electron chi connectivity index (χ2n) is 5.33. The number of halogens is 3. The van der Waals surface area contributed by atoms with Crippen LogP contribution < -0.4 is 10.6 Å². The van der Waals surface area contributed by atoms with E-state index < -0.39 is 12.6 Å². The summed E-state index contributed by atoms with van der Waals surface area (Å²) >= 11 is 0. The van der Waals surface area contributed by atoms with E-state index in [2.05, 4.69) is 28.6 Å². The number of alkyl halides is 3. The SMILES string of the molecule is CCNC(=NCC(C)c1cccc(C)c1)NCCC(F)(F)F. The van der Waals surface area contributed by atoms with Crippen molar-refractivity contribution in [3.63, 3.8) is 0 Å². The molecule has 3 nitrogen and oxygen atoms in total. The summed E-state index contributed by atoms with van der Waals surface area (Å²) in [5, 5.41) is 5.67. The molecule has 0 saturated heterocycles. The first-order valence-electron chi connectivity index (χ1n) is 7.47. The van der Waals surface area contributed by atoms with Crippen LogP contribution in [0.2, 0.25) is 0 Å². The maximum Gasteiger partial charge on any atom is 0.390 e. The van der Waals surface area contributed by atoms with Crippen molar-refractivity contribution in [2.45, 2.75) is 39.3 Å². The molecular weight excluding hydrogens is 291 g/mol. The van der Waals surface area contributed by atoms with Gasteiger partial charge in [-0.2, -0.15) is 13.2 Å². The van der Waals surface area contributed by atoms with Gasteiger partial charge in [0.15, 0.2) is 5.96 Å². The Bertz CT molecular complexity index is 484. The third-order valence-electron chi connectivity index (χ3n) is 3.18. The highest BCUT2D eigenvalue weighted by Crippen LogP contribution is 2.18. The van der Waals surface area contributed by atoms with Gasteiger partial charge in [-0.3, -0.25) is 4.99 Å². The van der Waals surface area contributed by atoms with Crippen LogP contribution in [0.1, 0.15) is 37.3 Å². The van der Waals surface area contributed by atoms with Crippen LogP contribution in [-0.4, -0.2) is 31.8 Å². The van der Waals surface area contributed by atoms with Gasteiger partial charge in [-0.15, -0.1) is 0 Å². The van der Waals surface area contributed by atoms with Gasteiger partial charge in [0, 0.05) is 25.6 Å². The van der Waals surface area contributed by atoms with Crippen molar-refractivity contribution in [3.05, 3.63) is 35.4 Å². The van der Waals surface area contributed by atoms with E-state index in [1.54, 1.807) is 0 Å². The third kappa shape index (κ3) is 7.33. The second kappa shape index (κ2) is 8.66. The molecule has 0 aliphatic rings. The number of hydrogen-bond acceptors (Lipinski definition) is 1. The molecule has 0 aromatic heterocycles. The van der Waals surface area contributed by atoms with Gasteiger partial charge in [-0.25, -0.2) is 0 Å². The molecule has 0 bridgehead atoms. The fourth-order valence-electron chi connectivity index (χ4n) is 1.97. The Balaban J connectivity index is 2.57. The van der Waals surface area contributed by atoms with E-state index >= 15 is 0 Å². The Morgan fingerprint density at radius 1 is 1.27 bits per heavy atom. The summed E-state index contributed by atoms with van der Waals surface area (Å²) in [6.45, 7) is 6.92. The van der Waals surface area contributed by atoms with Crippen LogP contribution in [0.4, 0.5) is 13.2 Å². The molecule has 1 atom stereocenters. The molecule has 0 radical (unpaired) electrons. The van der Waals surface area contributed by atoms with Crippen molar-refractivity contribution in [1.82, 2.24) is 10.6 Å². The van der Waals surface area contributed by atoms with Crippen molar-refractivity contribution >= 4 is 5.96 Å². The van der Waals surface area contributed by atoms with Gasteiger partial charge in [0.05, 0.1) is 6.42 Å². The maximum absolute atomic E-state index is 12.2. The smallest absolute Gasteiger partial charge is 0.357 e. The first kappa shape index (κ1) is 18.3. The lowest BCUT2D eigenvalue weighted by Gasteiger charge is -2.14. The predicted octanol–water partition coefficient (Wildman–Crippen LogP) is 3.61. The normalized spacial score (nSPS) is 13.8. The van der Waals surface area contributed by atoms with Crippen LogP contribution in [0.5, 0.6) is 0 Å². The molecule has 0 aliphatic carbocycles. The number of aryl methyl sites for hydroxylation is 1. The van der Waals surface area contributed by atoms with Gasteiger partial charge in [0.2, 0.25) is 0 Å². The van der Waals surface area contributed by atoms with Crippen LogP contribution >= 0.6 is 0 Å². The Kier molecular flexibility index (Phi) is 7.21. The summed E-state index contributed by atoms with van der Waals surface area (Å²) < 4.78 is 36.5. The zero-order chi connectivity index (χ0) is 16.6. The van der Waals surface area contributed by atoms with Gasteiger partial charge in [-0.05, 0) is 19.4 Å². The fraction of sp³-hybridized carbons (Fsp3) is 0.562. The number of nitrogens with one attached hydrogen (secondary N) is 2. The Morgan fingerprint density at radius 2 is 2.00 bits per heavy atom. The summed E-state index contributed by atoms with van der Waals surface area (Å²) in [6, 6.07) is 8.17. The minimum atomic E-state index is -4.15. The molecule has 0 heterocycles. The molecule has 0 spiro atoms. The minimum absolute atomic E-state index is 0.172. The van der Waals surface area contributed by atoms with Gasteiger partial charge < -0.3 is 10.6 Å². The van der Waals surface area contributed by atoms with Crippen molar-refractivity contribution in [1.29, 1.82) is 0 Å². The molecule has 6 heteroatoms. The standard InChI is InChI=1S/C16H24F3N3/c1-4-20-15(21-9-8-16(17,18)19)22-11-13(3)14-7-5-6-12(2)10-14/h5-7,10,13H,4,8-9,11H2,1-3H3,(H2,20,21,22). The zero-order valence-electron chi connectivity index (χ0n) is 13.3. The molecule has 0 aliphatic heterocycles. The lowest BCUT2D eigenvalue weighted by atomic mass is 10.00. The van der Waals surface area contributed by atoms with E-state index in [9.17, 15) is 13.2 Å². The van der Waals surface area contributed by atoms with Crippen molar-refractivity contribution in [2.24, 2.45) is 4.99 Å². The Labute approximate surface area is 130 Å². The number of aliphatic imine (C=N–C) groups is 1. The second-order valence-corrected chi connectivity index (χ2v) is 5.33. The van der Waals surface area contributed by atoms with Crippen molar-refractivity contribution in [3.8, 4) is 0 Å². The van der Waals surface area contributed by atoms with Crippen LogP contribution in [0.25, 0.3) is 0 Å². The molecule has 2 N–H and O–H groups in total. The predicted molar refractivity (Wildman–Crippen MR) is 84.2 cm³/mol. The molecule has 1 rings (SSSR count). The van der Waals surface area contributed by atoms with Gasteiger partial charge in [-0.1, -0.05) is 36.8 Å². The summed E-state index contributed by atoms with van der Waals surface area (Å²) in [5.41, 5.74) is 2.36. The molecule has 124 valence electrons. The molecule has 0 amide bonds. The highest BCUT2D eigenvalue weighted by atomic mass is 19.4. The maximum atomic E-state index is 12.2. The average molecular weight is 315 g/mol. The third-order valence-corrected chi connectivity index (χ3v) is 3.18. The van der Waals surface area contributed by atoms with Crippen LogP contribution in [0, 0.1) is 6.92 Å². The molecule has 1 unspecified atom stereocenters. The minimum Gasteiger partial charge on any atom is -0.357 e. The van der Waals surface area contributed by atoms with E-state index in [0.717, 1.165) is 0 Å². The summed E-state index contributed by atoms with van der Waals surface area (Å²) in [7, 11) is 0. The van der Waals surface area contributed by atoms with E-state index in [-0.39, 0.29) is 12.5 Å². The highest BCUT2D eigenvalue weighted by molar-refractivity contribution is 5.79. The molecule has 1 aromatic carbocycles. The Morgan fingerprint density at radius 3 is 2.59 bits per heavy atom. The van der Waals surface area contributed by atoms with Crippen LogP contribution in [-0.2, 0) is 0 Å². The lowest BCUT2D eigenvalue weighted by Crippen LogP contribution is -2.39. The van der Waals surface area contributed by atoms with Crippen LogP contribution in [0.15, 0.2) is 29.3 Å². The summed E-state index contributed by atoms with van der Waals surface area (Å²) in [5.74, 6) is 0.629. The first-order chi connectivity index (χ1) is 10.3. The molecular formula is C16H24F3N3. The summed E-state index contributed by atoms with van der Waals surface area (Å²) in [6.07, 6.45) is -5.02. The lowest BCUT2D eigenvalue weighted by molar-refractivity contribution is -0.132. The largest absolute Gasteiger partial charge is 0.390 e. The van der Waals surface area contributed by atoms with Crippen molar-refractivity contribution in [2.75, 3.05) is 19.6 Å². The Hall–Kier alpha value is -1.72. The molecule has 1 aromatic rings. The molecule has 0 saturated carbocycles. The van der Waals surface area contributed by atoms with E-state index in [1.807, 2.05) is 32.0 Å². The monoisotopic (exact) mass is 315 g/mol. The number of benzene rings is 1. The van der Waals surface area contributed by atoms with Crippen molar-refractivity contribution < 1.29 is 13.2 Å². The number of guanidine groups is 1. The van der Waals surface area contributed by atoms with Gasteiger partial charge >= 0.3 is 6.18 Å². The average Bonchev–Trinajstić information content (AvgIpc) is 2.43. The van der Waals surface area contributed by atoms with Crippen LogP contribution in [0.3, 0.4) is 0 Å². The highest BCUT2D eigenvalue weighted by Gasteiger charge is 2.26. The van der Waals surface area contributed by atoms with Gasteiger partial charge in [0.1, 0.15) is 0 Å². The fourth-order valence-corrected chi connectivity index (χ4v) is 1.97. The molecule has 22 heavy (non-hydrogen) atoms. The number of rotatable bonds is 6. The van der Waals surface area contributed by atoms with E-state index in [0.29, 0.717) is 19.0 Å². The van der Waals surface area contributed by atoms with E-state index in [4.69, 9.17) is 0 Å². The quantitative estimate of drug-likeness (QED) is 0.621. The number of nitrogens with zero attached hydrogens (tertiary/aromatic N) is 1. The first-order valence-corrected chi connectivity index (χ1v) is 7.47. The summed E-state index contributed by atoms with van der Waals surface area (Å²) in [4.78, 5) is 4.37. The molecule has 0 fully saturated rings. The van der Waals surface area contributed by atoms with Gasteiger partial charge in [0.25, 0.3) is 0 Å². The van der Waals surface area contributed by atoms with E-state index in [1.165, 1.54) is 11.1 Å². The topological polar surface area (TPSA) is 36.4 Å².